The molecule has 11 heteroatoms. The monoisotopic (exact) mass is 541 g/mol. The molecule has 34 heavy (non-hydrogen) atoms. The molecule has 2 N–H and O–H groups in total. The summed E-state index contributed by atoms with van der Waals surface area (Å²) in [5, 5.41) is 5.28. The second kappa shape index (κ2) is 12.0. The average Bonchev–Trinajstić information content (AvgIpc) is 3.36. The number of rotatable bonds is 8. The number of nitrogens with zero attached hydrogens (tertiary/aromatic N) is 1. The standard InChI is InChI=1S/C23H24ClN3O4S2.ClH/c24-19-7-1-2-8-20(19)26-33(29,30)18-6-3-5-17(15-18)23(28)25-16-21(22-9-4-14-32-22)27-10-12-31-13-11-27;/h1-9,14-15,21,26H,10-13,16H2,(H,25,28);1H. The predicted molar refractivity (Wildman–Crippen MR) is 138 cm³/mol. The predicted octanol–water partition coefficient (Wildman–Crippen LogP) is 4.43. The van der Waals surface area contributed by atoms with Crippen LogP contribution in [0.1, 0.15) is 21.3 Å². The fourth-order valence-corrected chi connectivity index (χ4v) is 5.85. The molecule has 1 fully saturated rings. The first-order chi connectivity index (χ1) is 15.9. The van der Waals surface area contributed by atoms with E-state index in [1.165, 1.54) is 12.1 Å². The Morgan fingerprint density at radius 2 is 1.85 bits per heavy atom. The summed E-state index contributed by atoms with van der Waals surface area (Å²) in [5.41, 5.74) is 0.544. The van der Waals surface area contributed by atoms with Crippen molar-refractivity contribution >= 4 is 57.0 Å². The highest BCUT2D eigenvalue weighted by Crippen LogP contribution is 2.26. The van der Waals surface area contributed by atoms with Gasteiger partial charge < -0.3 is 10.1 Å². The number of carbonyl (C=O) groups is 1. The fourth-order valence-electron chi connectivity index (χ4n) is 3.62. The van der Waals surface area contributed by atoms with E-state index >= 15 is 0 Å². The van der Waals surface area contributed by atoms with Crippen molar-refractivity contribution in [2.24, 2.45) is 0 Å². The molecule has 0 saturated carbocycles. The summed E-state index contributed by atoms with van der Waals surface area (Å²) in [6.45, 7) is 3.32. The Kier molecular flexibility index (Phi) is 9.35. The molecule has 0 bridgehead atoms. The van der Waals surface area contributed by atoms with E-state index < -0.39 is 10.0 Å². The van der Waals surface area contributed by atoms with Gasteiger partial charge in [-0.25, -0.2) is 8.42 Å². The van der Waals surface area contributed by atoms with Crippen molar-refractivity contribution in [3.8, 4) is 0 Å². The summed E-state index contributed by atoms with van der Waals surface area (Å²) in [6.07, 6.45) is 0. The Balaban J connectivity index is 0.00000324. The first kappa shape index (κ1) is 26.5. The summed E-state index contributed by atoms with van der Waals surface area (Å²) in [5.74, 6) is -0.334. The Morgan fingerprint density at radius 3 is 2.56 bits per heavy atom. The smallest absolute Gasteiger partial charge is 0.261 e. The van der Waals surface area contributed by atoms with Gasteiger partial charge in [-0.2, -0.15) is 0 Å². The number of hydrogen-bond acceptors (Lipinski definition) is 6. The van der Waals surface area contributed by atoms with Gasteiger partial charge in [0.15, 0.2) is 0 Å². The minimum Gasteiger partial charge on any atom is -0.379 e. The number of para-hydroxylation sites is 1. The SMILES string of the molecule is Cl.O=C(NCC(c1cccs1)N1CCOCC1)c1cccc(S(=O)(=O)Nc2ccccc2Cl)c1. The maximum atomic E-state index is 12.9. The van der Waals surface area contributed by atoms with Crippen LogP contribution in [0.5, 0.6) is 0 Å². The van der Waals surface area contributed by atoms with Crippen LogP contribution in [0.4, 0.5) is 5.69 Å². The number of benzene rings is 2. The number of morpholine rings is 1. The average molecular weight is 543 g/mol. The van der Waals surface area contributed by atoms with E-state index in [2.05, 4.69) is 21.0 Å². The third kappa shape index (κ3) is 6.50. The minimum absolute atomic E-state index is 0. The van der Waals surface area contributed by atoms with Gasteiger partial charge in [0.2, 0.25) is 0 Å². The Hall–Kier alpha value is -2.14. The fraction of sp³-hybridized carbons (Fsp3) is 0.261. The van der Waals surface area contributed by atoms with Crippen LogP contribution in [0.25, 0.3) is 0 Å². The van der Waals surface area contributed by atoms with Gasteiger partial charge in [0.05, 0.1) is 34.9 Å². The Labute approximate surface area is 214 Å². The van der Waals surface area contributed by atoms with Crippen LogP contribution in [0.2, 0.25) is 5.02 Å². The van der Waals surface area contributed by atoms with Crippen LogP contribution in [0, 0.1) is 0 Å². The van der Waals surface area contributed by atoms with Crippen LogP contribution in [-0.4, -0.2) is 52.1 Å². The number of anilines is 1. The van der Waals surface area contributed by atoms with Crippen molar-refractivity contribution in [2.75, 3.05) is 37.6 Å². The lowest BCUT2D eigenvalue weighted by Crippen LogP contribution is -2.43. The molecule has 0 aliphatic carbocycles. The molecule has 182 valence electrons. The van der Waals surface area contributed by atoms with Crippen LogP contribution in [0.15, 0.2) is 70.9 Å². The highest BCUT2D eigenvalue weighted by atomic mass is 35.5. The quantitative estimate of drug-likeness (QED) is 0.440. The molecule has 1 aromatic heterocycles. The molecule has 4 rings (SSSR count). The lowest BCUT2D eigenvalue weighted by atomic mass is 10.1. The summed E-state index contributed by atoms with van der Waals surface area (Å²) in [6, 6.07) is 16.6. The Bertz CT molecular complexity index is 1200. The highest BCUT2D eigenvalue weighted by Gasteiger charge is 2.24. The van der Waals surface area contributed by atoms with Crippen molar-refractivity contribution in [3.63, 3.8) is 0 Å². The van der Waals surface area contributed by atoms with Crippen molar-refractivity contribution < 1.29 is 17.9 Å². The van der Waals surface area contributed by atoms with Crippen molar-refractivity contribution in [1.29, 1.82) is 0 Å². The number of carbonyl (C=O) groups excluding carboxylic acids is 1. The third-order valence-corrected chi connectivity index (χ3v) is 8.01. The second-order valence-corrected chi connectivity index (χ2v) is 10.6. The molecule has 2 heterocycles. The summed E-state index contributed by atoms with van der Waals surface area (Å²) in [7, 11) is -3.91. The van der Waals surface area contributed by atoms with E-state index in [1.54, 1.807) is 47.7 Å². The molecular formula is C23H25Cl2N3O4S2. The summed E-state index contributed by atoms with van der Waals surface area (Å²) >= 11 is 7.72. The van der Waals surface area contributed by atoms with Gasteiger partial charge in [-0.1, -0.05) is 35.9 Å². The van der Waals surface area contributed by atoms with Crippen LogP contribution in [0.3, 0.4) is 0 Å². The lowest BCUT2D eigenvalue weighted by molar-refractivity contribution is 0.0169. The summed E-state index contributed by atoms with van der Waals surface area (Å²) < 4.78 is 33.6. The first-order valence-corrected chi connectivity index (χ1v) is 13.2. The van der Waals surface area contributed by atoms with Crippen molar-refractivity contribution in [1.82, 2.24) is 10.2 Å². The molecule has 0 spiro atoms. The molecule has 7 nitrogen and oxygen atoms in total. The van der Waals surface area contributed by atoms with Crippen LogP contribution in [-0.2, 0) is 14.8 Å². The zero-order valence-electron chi connectivity index (χ0n) is 18.1. The molecule has 3 aromatic rings. The lowest BCUT2D eigenvalue weighted by Gasteiger charge is -2.34. The van der Waals surface area contributed by atoms with E-state index in [0.29, 0.717) is 19.8 Å². The number of halogens is 2. The molecule has 2 aromatic carbocycles. The Morgan fingerprint density at radius 1 is 1.09 bits per heavy atom. The molecule has 1 atom stereocenters. The largest absolute Gasteiger partial charge is 0.379 e. The zero-order chi connectivity index (χ0) is 23.3. The van der Waals surface area contributed by atoms with E-state index in [0.717, 1.165) is 18.0 Å². The van der Waals surface area contributed by atoms with E-state index in [9.17, 15) is 13.2 Å². The molecule has 1 saturated heterocycles. The van der Waals surface area contributed by atoms with Gasteiger partial charge in [-0.05, 0) is 41.8 Å². The van der Waals surface area contributed by atoms with Crippen molar-refractivity contribution in [3.05, 3.63) is 81.5 Å². The van der Waals surface area contributed by atoms with Gasteiger partial charge in [0.25, 0.3) is 15.9 Å². The number of thiophene rings is 1. The molecule has 1 aliphatic heterocycles. The molecule has 1 aliphatic rings. The van der Waals surface area contributed by atoms with Gasteiger partial charge in [0, 0.05) is 30.1 Å². The number of sulfonamides is 1. The van der Waals surface area contributed by atoms with E-state index in [4.69, 9.17) is 16.3 Å². The number of ether oxygens (including phenoxy) is 1. The molecule has 1 unspecified atom stereocenters. The zero-order valence-corrected chi connectivity index (χ0v) is 21.4. The normalized spacial score (nSPS) is 15.2. The van der Waals surface area contributed by atoms with E-state index in [1.807, 2.05) is 11.4 Å². The first-order valence-electron chi connectivity index (χ1n) is 10.4. The number of nitrogens with one attached hydrogen (secondary N) is 2. The second-order valence-electron chi connectivity index (χ2n) is 7.50. The number of hydrogen-bond donors (Lipinski definition) is 2. The summed E-state index contributed by atoms with van der Waals surface area (Å²) in [4.78, 5) is 16.4. The van der Waals surface area contributed by atoms with Crippen LogP contribution < -0.4 is 10.0 Å². The maximum Gasteiger partial charge on any atom is 0.261 e. The third-order valence-electron chi connectivity index (χ3n) is 5.34. The van der Waals surface area contributed by atoms with Crippen LogP contribution >= 0.6 is 35.3 Å². The van der Waals surface area contributed by atoms with E-state index in [-0.39, 0.29) is 45.5 Å². The van der Waals surface area contributed by atoms with Crippen molar-refractivity contribution in [2.45, 2.75) is 10.9 Å². The van der Waals surface area contributed by atoms with Gasteiger partial charge in [-0.15, -0.1) is 23.7 Å². The molecule has 1 amide bonds. The topological polar surface area (TPSA) is 87.7 Å². The molecular weight excluding hydrogens is 517 g/mol. The van der Waals surface area contributed by atoms with Gasteiger partial charge >= 0.3 is 0 Å². The molecule has 0 radical (unpaired) electrons. The van der Waals surface area contributed by atoms with Gasteiger partial charge in [-0.3, -0.25) is 14.4 Å². The highest BCUT2D eigenvalue weighted by molar-refractivity contribution is 7.92. The number of amides is 1. The van der Waals surface area contributed by atoms with Gasteiger partial charge in [0.1, 0.15) is 0 Å². The maximum absolute atomic E-state index is 12.9. The minimum atomic E-state index is -3.91.